The molecule has 0 bridgehead atoms. The van der Waals surface area contributed by atoms with Crippen LogP contribution < -0.4 is 5.32 Å². The first-order valence-corrected chi connectivity index (χ1v) is 10.0. The first-order chi connectivity index (χ1) is 13.9. The molecule has 4 aromatic rings. The number of fused-ring (bicyclic) bond motifs is 4. The smallest absolute Gasteiger partial charge is 0.160 e. The fourth-order valence-electron chi connectivity index (χ4n) is 3.99. The predicted octanol–water partition coefficient (Wildman–Crippen LogP) is 2.66. The molecule has 1 N–H and O–H groups in total. The van der Waals surface area contributed by atoms with Gasteiger partial charge in [0.05, 0.1) is 29.8 Å². The minimum absolute atomic E-state index is 0.855. The number of hydrogen-bond acceptors (Lipinski definition) is 5. The molecule has 144 valence electrons. The highest BCUT2D eigenvalue weighted by Crippen LogP contribution is 2.27. The maximum Gasteiger partial charge on any atom is 0.160 e. The number of para-hydroxylation sites is 3. The zero-order chi connectivity index (χ0) is 18.8. The molecule has 2 aromatic heterocycles. The highest BCUT2D eigenvalue weighted by atomic mass is 16.5. The van der Waals surface area contributed by atoms with Gasteiger partial charge in [0.15, 0.2) is 5.65 Å². The summed E-state index contributed by atoms with van der Waals surface area (Å²) in [7, 11) is 0. The Morgan fingerprint density at radius 2 is 1.57 bits per heavy atom. The van der Waals surface area contributed by atoms with E-state index >= 15 is 0 Å². The van der Waals surface area contributed by atoms with Crippen molar-refractivity contribution >= 4 is 33.1 Å². The van der Waals surface area contributed by atoms with Crippen LogP contribution in [0.1, 0.15) is 0 Å². The normalized spacial score (nSPS) is 15.7. The molecule has 0 aliphatic carbocycles. The van der Waals surface area contributed by atoms with Crippen LogP contribution in [0, 0.1) is 0 Å². The van der Waals surface area contributed by atoms with Gasteiger partial charge in [-0.1, -0.05) is 30.3 Å². The largest absolute Gasteiger partial charge is 0.379 e. The van der Waals surface area contributed by atoms with E-state index in [4.69, 9.17) is 14.7 Å². The van der Waals surface area contributed by atoms with E-state index < -0.39 is 0 Å². The molecule has 0 saturated carbocycles. The van der Waals surface area contributed by atoms with Crippen LogP contribution >= 0.6 is 0 Å². The second-order valence-electron chi connectivity index (χ2n) is 7.26. The molecule has 6 heteroatoms. The van der Waals surface area contributed by atoms with Crippen LogP contribution in [0.2, 0.25) is 0 Å². The second kappa shape index (κ2) is 7.83. The zero-order valence-electron chi connectivity index (χ0n) is 16.0. The van der Waals surface area contributed by atoms with Crippen LogP contribution in [0.5, 0.6) is 0 Å². The van der Waals surface area contributed by atoms with Gasteiger partial charge in [0.1, 0.15) is 5.52 Å². The molecular weight excluding hydrogens is 350 g/mol. The van der Waals surface area contributed by atoms with E-state index in [1.807, 2.05) is 24.3 Å². The Labute approximate surface area is 164 Å². The van der Waals surface area contributed by atoms with Gasteiger partial charge in [0, 0.05) is 44.7 Å². The van der Waals surface area contributed by atoms with Crippen LogP contribution in [0.3, 0.4) is 0 Å². The lowest BCUT2D eigenvalue weighted by Gasteiger charge is -2.26. The molecule has 1 aliphatic heterocycles. The summed E-state index contributed by atoms with van der Waals surface area (Å²) in [5, 5.41) is 4.76. The molecule has 28 heavy (non-hydrogen) atoms. The fraction of sp³-hybridized carbons (Fsp3) is 0.364. The van der Waals surface area contributed by atoms with Crippen molar-refractivity contribution in [2.75, 3.05) is 45.9 Å². The van der Waals surface area contributed by atoms with Gasteiger partial charge in [-0.3, -0.25) is 4.90 Å². The zero-order valence-corrected chi connectivity index (χ0v) is 16.0. The van der Waals surface area contributed by atoms with Crippen molar-refractivity contribution in [1.29, 1.82) is 0 Å². The van der Waals surface area contributed by atoms with E-state index in [0.717, 1.165) is 74.7 Å². The number of benzene rings is 2. The van der Waals surface area contributed by atoms with Crippen molar-refractivity contribution in [2.45, 2.75) is 6.54 Å². The van der Waals surface area contributed by atoms with Crippen molar-refractivity contribution in [1.82, 2.24) is 24.8 Å². The number of hydrogen-bond donors (Lipinski definition) is 1. The molecule has 1 aliphatic rings. The first kappa shape index (κ1) is 17.6. The summed E-state index contributed by atoms with van der Waals surface area (Å²) in [5.74, 6) is 0. The molecular formula is C22H25N5O. The topological polar surface area (TPSA) is 55.2 Å². The average molecular weight is 375 g/mol. The van der Waals surface area contributed by atoms with Crippen molar-refractivity contribution < 1.29 is 4.74 Å². The summed E-state index contributed by atoms with van der Waals surface area (Å²) >= 11 is 0. The molecule has 0 spiro atoms. The number of rotatable bonds is 6. The summed E-state index contributed by atoms with van der Waals surface area (Å²) in [4.78, 5) is 12.3. The summed E-state index contributed by atoms with van der Waals surface area (Å²) in [6.45, 7) is 7.63. The minimum atomic E-state index is 0.855. The van der Waals surface area contributed by atoms with Crippen molar-refractivity contribution in [2.24, 2.45) is 0 Å². The van der Waals surface area contributed by atoms with Crippen molar-refractivity contribution in [3.8, 4) is 0 Å². The Kier molecular flexibility index (Phi) is 4.91. The van der Waals surface area contributed by atoms with E-state index in [-0.39, 0.29) is 0 Å². The highest BCUT2D eigenvalue weighted by Gasteiger charge is 2.14. The van der Waals surface area contributed by atoms with E-state index in [2.05, 4.69) is 39.0 Å². The van der Waals surface area contributed by atoms with Gasteiger partial charge < -0.3 is 14.6 Å². The number of nitrogens with one attached hydrogen (secondary N) is 1. The third-order valence-electron chi connectivity index (χ3n) is 5.48. The van der Waals surface area contributed by atoms with E-state index in [1.54, 1.807) is 0 Å². The van der Waals surface area contributed by atoms with Crippen LogP contribution in [-0.2, 0) is 11.3 Å². The number of ether oxygens (including phenoxy) is 1. The molecule has 3 heterocycles. The van der Waals surface area contributed by atoms with Gasteiger partial charge in [0.2, 0.25) is 0 Å². The predicted molar refractivity (Wildman–Crippen MR) is 113 cm³/mol. The SMILES string of the molecule is c1ccc2nc3c(nc2c1)c1ccccc1n3CCNCCN1CCOCC1. The molecule has 0 unspecified atom stereocenters. The lowest BCUT2D eigenvalue weighted by molar-refractivity contribution is 0.0384. The molecule has 2 aromatic carbocycles. The molecule has 0 radical (unpaired) electrons. The third-order valence-corrected chi connectivity index (χ3v) is 5.48. The van der Waals surface area contributed by atoms with Gasteiger partial charge in [0.25, 0.3) is 0 Å². The molecule has 1 fully saturated rings. The van der Waals surface area contributed by atoms with Gasteiger partial charge >= 0.3 is 0 Å². The molecule has 5 rings (SSSR count). The quantitative estimate of drug-likeness (QED) is 0.525. The van der Waals surface area contributed by atoms with Crippen LogP contribution in [-0.4, -0.2) is 65.4 Å². The van der Waals surface area contributed by atoms with Gasteiger partial charge in [-0.2, -0.15) is 0 Å². The molecule has 6 nitrogen and oxygen atoms in total. The van der Waals surface area contributed by atoms with Gasteiger partial charge in [-0.15, -0.1) is 0 Å². The van der Waals surface area contributed by atoms with E-state index in [9.17, 15) is 0 Å². The standard InChI is InChI=1S/C22H25N5O/c1-4-8-20-17(5-1)21-22(25-19-7-3-2-6-18(19)24-21)27(20)12-10-23-9-11-26-13-15-28-16-14-26/h1-8,23H,9-16H2. The Hall–Kier alpha value is -2.54. The van der Waals surface area contributed by atoms with Crippen LogP contribution in [0.4, 0.5) is 0 Å². The number of nitrogens with zero attached hydrogens (tertiary/aromatic N) is 4. The summed E-state index contributed by atoms with van der Waals surface area (Å²) < 4.78 is 7.71. The highest BCUT2D eigenvalue weighted by molar-refractivity contribution is 6.06. The van der Waals surface area contributed by atoms with Crippen LogP contribution in [0.15, 0.2) is 48.5 Å². The van der Waals surface area contributed by atoms with Crippen molar-refractivity contribution in [3.05, 3.63) is 48.5 Å². The molecule has 0 amide bonds. The van der Waals surface area contributed by atoms with Gasteiger partial charge in [-0.25, -0.2) is 9.97 Å². The number of morpholine rings is 1. The minimum Gasteiger partial charge on any atom is -0.379 e. The first-order valence-electron chi connectivity index (χ1n) is 10.0. The van der Waals surface area contributed by atoms with E-state index in [1.165, 1.54) is 10.9 Å². The van der Waals surface area contributed by atoms with Crippen molar-refractivity contribution in [3.63, 3.8) is 0 Å². The Balaban J connectivity index is 1.37. The number of aromatic nitrogens is 3. The third kappa shape index (κ3) is 3.35. The monoisotopic (exact) mass is 375 g/mol. The maximum atomic E-state index is 5.41. The Bertz CT molecular complexity index is 1100. The van der Waals surface area contributed by atoms with Gasteiger partial charge in [-0.05, 0) is 18.2 Å². The second-order valence-corrected chi connectivity index (χ2v) is 7.26. The fourth-order valence-corrected chi connectivity index (χ4v) is 3.99. The maximum absolute atomic E-state index is 5.41. The van der Waals surface area contributed by atoms with Crippen LogP contribution in [0.25, 0.3) is 33.1 Å². The molecule has 1 saturated heterocycles. The summed E-state index contributed by atoms with van der Waals surface area (Å²) in [5.41, 5.74) is 5.04. The Morgan fingerprint density at radius 3 is 2.43 bits per heavy atom. The average Bonchev–Trinajstić information content (AvgIpc) is 3.05. The summed E-state index contributed by atoms with van der Waals surface area (Å²) in [6, 6.07) is 16.6. The Morgan fingerprint density at radius 1 is 0.857 bits per heavy atom. The lowest BCUT2D eigenvalue weighted by atomic mass is 10.2. The summed E-state index contributed by atoms with van der Waals surface area (Å²) in [6.07, 6.45) is 0. The lowest BCUT2D eigenvalue weighted by Crippen LogP contribution is -2.40. The van der Waals surface area contributed by atoms with E-state index in [0.29, 0.717) is 0 Å². The molecule has 0 atom stereocenters.